The second kappa shape index (κ2) is 3.84. The fourth-order valence-corrected chi connectivity index (χ4v) is 1.57. The number of ether oxygens (including phenoxy) is 2. The molecule has 2 rings (SSSR count). The Morgan fingerprint density at radius 2 is 2.47 bits per heavy atom. The van der Waals surface area contributed by atoms with E-state index in [1.807, 2.05) is 0 Å². The van der Waals surface area contributed by atoms with Gasteiger partial charge in [0, 0.05) is 18.3 Å². The molecule has 1 fully saturated rings. The van der Waals surface area contributed by atoms with Gasteiger partial charge >= 0.3 is 0 Å². The topological polar surface area (TPSA) is 57.4 Å². The van der Waals surface area contributed by atoms with Gasteiger partial charge in [0.1, 0.15) is 5.82 Å². The van der Waals surface area contributed by atoms with Crippen molar-refractivity contribution in [2.75, 3.05) is 13.2 Å². The van der Waals surface area contributed by atoms with Gasteiger partial charge in [-0.15, -0.1) is 0 Å². The minimum Gasteiger partial charge on any atom is -0.343 e. The van der Waals surface area contributed by atoms with Gasteiger partial charge in [-0.05, 0) is 13.0 Å². The Hall–Kier alpha value is -1.04. The summed E-state index contributed by atoms with van der Waals surface area (Å²) < 4.78 is 24.0. The van der Waals surface area contributed by atoms with E-state index >= 15 is 0 Å². The molecule has 5 heteroatoms. The van der Waals surface area contributed by atoms with Crippen molar-refractivity contribution in [2.45, 2.75) is 18.8 Å². The number of rotatable bonds is 2. The minimum absolute atomic E-state index is 0.140. The van der Waals surface area contributed by atoms with Gasteiger partial charge in [0.15, 0.2) is 5.79 Å². The maximum Gasteiger partial charge on any atom is 0.194 e. The summed E-state index contributed by atoms with van der Waals surface area (Å²) in [6, 6.07) is 1.35. The van der Waals surface area contributed by atoms with Gasteiger partial charge in [0.05, 0.1) is 18.9 Å². The molecule has 1 aromatic heterocycles. The first kappa shape index (κ1) is 10.5. The maximum atomic E-state index is 13.0. The van der Waals surface area contributed by atoms with Crippen LogP contribution in [0.25, 0.3) is 0 Å². The lowest BCUT2D eigenvalue weighted by Gasteiger charge is -2.23. The molecule has 0 bridgehead atoms. The number of hydrogen-bond acceptors (Lipinski definition) is 4. The molecule has 0 aromatic carbocycles. The molecule has 0 saturated carbocycles. The maximum absolute atomic E-state index is 13.0. The van der Waals surface area contributed by atoms with Gasteiger partial charge in [-0.2, -0.15) is 0 Å². The van der Waals surface area contributed by atoms with Crippen LogP contribution in [0.3, 0.4) is 0 Å². The highest BCUT2D eigenvalue weighted by atomic mass is 19.1. The van der Waals surface area contributed by atoms with Gasteiger partial charge in [0.2, 0.25) is 0 Å². The molecule has 2 atom stereocenters. The zero-order valence-electron chi connectivity index (χ0n) is 8.44. The average molecular weight is 212 g/mol. The lowest BCUT2D eigenvalue weighted by Crippen LogP contribution is -2.27. The summed E-state index contributed by atoms with van der Waals surface area (Å²) in [5, 5.41) is 0. The van der Waals surface area contributed by atoms with E-state index in [1.54, 1.807) is 6.92 Å². The molecule has 2 heterocycles. The summed E-state index contributed by atoms with van der Waals surface area (Å²) in [6.45, 7) is 2.54. The van der Waals surface area contributed by atoms with E-state index < -0.39 is 11.6 Å². The van der Waals surface area contributed by atoms with Crippen molar-refractivity contribution in [1.29, 1.82) is 0 Å². The standard InChI is InChI=1S/C10H13FN2O2/c1-10(14-6-9(3-12)15-10)7-2-8(11)5-13-4-7/h2,4-5,9H,3,6,12H2,1H3. The smallest absolute Gasteiger partial charge is 0.194 e. The number of nitrogens with zero attached hydrogens (tertiary/aromatic N) is 1. The zero-order chi connectivity index (χ0) is 10.9. The molecule has 0 amide bonds. The van der Waals surface area contributed by atoms with Crippen LogP contribution in [0.15, 0.2) is 18.5 Å². The molecule has 1 aliphatic heterocycles. The number of pyridine rings is 1. The fraction of sp³-hybridized carbons (Fsp3) is 0.500. The van der Waals surface area contributed by atoms with E-state index in [9.17, 15) is 4.39 Å². The monoisotopic (exact) mass is 212 g/mol. The van der Waals surface area contributed by atoms with Crippen molar-refractivity contribution in [2.24, 2.45) is 5.73 Å². The summed E-state index contributed by atoms with van der Waals surface area (Å²) >= 11 is 0. The first-order valence-corrected chi connectivity index (χ1v) is 4.77. The summed E-state index contributed by atoms with van der Waals surface area (Å²) in [4.78, 5) is 3.76. The number of aromatic nitrogens is 1. The van der Waals surface area contributed by atoms with Gasteiger partial charge < -0.3 is 15.2 Å². The second-order valence-electron chi connectivity index (χ2n) is 3.62. The summed E-state index contributed by atoms with van der Waals surface area (Å²) in [7, 11) is 0. The van der Waals surface area contributed by atoms with Crippen LogP contribution in [-0.4, -0.2) is 24.2 Å². The van der Waals surface area contributed by atoms with Crippen LogP contribution in [0.2, 0.25) is 0 Å². The van der Waals surface area contributed by atoms with Crippen molar-refractivity contribution >= 4 is 0 Å². The largest absolute Gasteiger partial charge is 0.343 e. The van der Waals surface area contributed by atoms with Crippen molar-refractivity contribution in [3.8, 4) is 0 Å². The molecule has 2 N–H and O–H groups in total. The second-order valence-corrected chi connectivity index (χ2v) is 3.62. The predicted octanol–water partition coefficient (Wildman–Crippen LogP) is 0.768. The van der Waals surface area contributed by atoms with Gasteiger partial charge in [-0.1, -0.05) is 0 Å². The lowest BCUT2D eigenvalue weighted by molar-refractivity contribution is -0.161. The summed E-state index contributed by atoms with van der Waals surface area (Å²) in [5.74, 6) is -1.34. The minimum atomic E-state index is -0.931. The van der Waals surface area contributed by atoms with E-state index in [0.717, 1.165) is 6.20 Å². The van der Waals surface area contributed by atoms with Crippen LogP contribution < -0.4 is 5.73 Å². The molecule has 0 spiro atoms. The van der Waals surface area contributed by atoms with Gasteiger partial charge in [0.25, 0.3) is 0 Å². The third-order valence-electron chi connectivity index (χ3n) is 2.43. The van der Waals surface area contributed by atoms with Crippen molar-refractivity contribution in [1.82, 2.24) is 4.98 Å². The Kier molecular flexibility index (Phi) is 2.68. The van der Waals surface area contributed by atoms with Crippen LogP contribution in [0.5, 0.6) is 0 Å². The SMILES string of the molecule is CC1(c2cncc(F)c2)OCC(CN)O1. The zero-order valence-corrected chi connectivity index (χ0v) is 8.44. The summed E-state index contributed by atoms with van der Waals surface area (Å²) in [5.41, 5.74) is 6.04. The number of halogens is 1. The molecule has 82 valence electrons. The average Bonchev–Trinajstić information content (AvgIpc) is 2.62. The van der Waals surface area contributed by atoms with Crippen LogP contribution in [-0.2, 0) is 15.3 Å². The molecule has 2 unspecified atom stereocenters. The van der Waals surface area contributed by atoms with Crippen LogP contribution in [0.4, 0.5) is 4.39 Å². The molecule has 1 saturated heterocycles. The molecule has 1 aromatic rings. The van der Waals surface area contributed by atoms with Crippen LogP contribution in [0, 0.1) is 5.82 Å². The number of hydrogen-bond donors (Lipinski definition) is 1. The third-order valence-corrected chi connectivity index (χ3v) is 2.43. The Balaban J connectivity index is 2.23. The Morgan fingerprint density at radius 1 is 1.67 bits per heavy atom. The van der Waals surface area contributed by atoms with Gasteiger partial charge in [-0.25, -0.2) is 4.39 Å². The van der Waals surface area contributed by atoms with E-state index in [1.165, 1.54) is 12.3 Å². The fourth-order valence-electron chi connectivity index (χ4n) is 1.57. The Morgan fingerprint density at radius 3 is 3.07 bits per heavy atom. The van der Waals surface area contributed by atoms with Crippen molar-refractivity contribution < 1.29 is 13.9 Å². The molecule has 0 aliphatic carbocycles. The normalized spacial score (nSPS) is 30.7. The molecule has 15 heavy (non-hydrogen) atoms. The molecular weight excluding hydrogens is 199 g/mol. The Bertz CT molecular complexity index is 361. The highest BCUT2D eigenvalue weighted by Gasteiger charge is 2.38. The highest BCUT2D eigenvalue weighted by molar-refractivity contribution is 5.16. The van der Waals surface area contributed by atoms with Crippen molar-refractivity contribution in [3.63, 3.8) is 0 Å². The molecule has 0 radical (unpaired) electrons. The van der Waals surface area contributed by atoms with Crippen LogP contribution >= 0.6 is 0 Å². The van der Waals surface area contributed by atoms with E-state index in [0.29, 0.717) is 18.7 Å². The molecule has 4 nitrogen and oxygen atoms in total. The first-order chi connectivity index (χ1) is 7.14. The Labute approximate surface area is 87.2 Å². The van der Waals surface area contributed by atoms with Crippen molar-refractivity contribution in [3.05, 3.63) is 29.8 Å². The van der Waals surface area contributed by atoms with E-state index in [-0.39, 0.29) is 6.10 Å². The number of nitrogens with two attached hydrogens (primary N) is 1. The molecule has 1 aliphatic rings. The highest BCUT2D eigenvalue weighted by Crippen LogP contribution is 2.33. The third kappa shape index (κ3) is 1.99. The molecular formula is C10H13FN2O2. The summed E-state index contributed by atoms with van der Waals surface area (Å²) in [6.07, 6.45) is 2.53. The quantitative estimate of drug-likeness (QED) is 0.786. The lowest BCUT2D eigenvalue weighted by atomic mass is 10.1. The predicted molar refractivity (Wildman–Crippen MR) is 51.4 cm³/mol. The van der Waals surface area contributed by atoms with E-state index in [4.69, 9.17) is 15.2 Å². The van der Waals surface area contributed by atoms with Crippen LogP contribution in [0.1, 0.15) is 12.5 Å². The van der Waals surface area contributed by atoms with E-state index in [2.05, 4.69) is 4.98 Å². The van der Waals surface area contributed by atoms with Gasteiger partial charge in [-0.3, -0.25) is 4.98 Å². The first-order valence-electron chi connectivity index (χ1n) is 4.77.